The molecular formula is C16H14N2O3S. The van der Waals surface area contributed by atoms with Crippen LogP contribution in [0.3, 0.4) is 0 Å². The molecule has 5 nitrogen and oxygen atoms in total. The highest BCUT2D eigenvalue weighted by atomic mass is 32.2. The summed E-state index contributed by atoms with van der Waals surface area (Å²) < 4.78 is 25.5. The Balaban J connectivity index is 2.46. The van der Waals surface area contributed by atoms with Gasteiger partial charge in [0.05, 0.1) is 17.8 Å². The van der Waals surface area contributed by atoms with E-state index in [1.54, 1.807) is 24.3 Å². The van der Waals surface area contributed by atoms with Gasteiger partial charge in [0.2, 0.25) is 10.0 Å². The molecule has 1 aromatic carbocycles. The summed E-state index contributed by atoms with van der Waals surface area (Å²) in [7, 11) is -3.55. The number of nitriles is 1. The van der Waals surface area contributed by atoms with Gasteiger partial charge in [-0.3, -0.25) is 4.79 Å². The van der Waals surface area contributed by atoms with Gasteiger partial charge in [-0.1, -0.05) is 24.3 Å². The molecule has 1 aliphatic rings. The van der Waals surface area contributed by atoms with E-state index in [9.17, 15) is 18.5 Å². The Morgan fingerprint density at radius 2 is 2.09 bits per heavy atom. The fourth-order valence-corrected chi connectivity index (χ4v) is 4.22. The molecule has 22 heavy (non-hydrogen) atoms. The largest absolute Gasteiger partial charge is 0.292 e. The van der Waals surface area contributed by atoms with E-state index < -0.39 is 15.4 Å². The van der Waals surface area contributed by atoms with Gasteiger partial charge in [0.1, 0.15) is 5.41 Å². The molecule has 1 aromatic heterocycles. The van der Waals surface area contributed by atoms with E-state index in [0.29, 0.717) is 28.6 Å². The van der Waals surface area contributed by atoms with Crippen LogP contribution in [0, 0.1) is 16.7 Å². The van der Waals surface area contributed by atoms with Crippen LogP contribution in [0.4, 0.5) is 0 Å². The molecule has 3 rings (SSSR count). The van der Waals surface area contributed by atoms with E-state index in [-0.39, 0.29) is 12.2 Å². The molecule has 0 radical (unpaired) electrons. The zero-order valence-electron chi connectivity index (χ0n) is 12.0. The first-order valence-corrected chi connectivity index (χ1v) is 8.63. The summed E-state index contributed by atoms with van der Waals surface area (Å²) in [6, 6.07) is 8.90. The molecule has 0 saturated carbocycles. The van der Waals surface area contributed by atoms with E-state index in [0.717, 1.165) is 6.26 Å². The lowest BCUT2D eigenvalue weighted by Gasteiger charge is -2.26. The standard InChI is InChI=1S/C16H14N2O3S/c1-3-16(10-17)9-8-13-14(15(16)19)11-6-4-5-7-12(11)18(13)22(2,20)21/h3-7H,1,8-9H2,2H3/t16-/m0/s1. The number of aromatic nitrogens is 1. The lowest BCUT2D eigenvalue weighted by atomic mass is 9.73. The summed E-state index contributed by atoms with van der Waals surface area (Å²) in [5.74, 6) is -0.371. The number of carbonyl (C=O) groups is 1. The van der Waals surface area contributed by atoms with E-state index >= 15 is 0 Å². The lowest BCUT2D eigenvalue weighted by molar-refractivity contribution is 0.0882. The molecule has 0 aliphatic heterocycles. The third kappa shape index (κ3) is 1.76. The third-order valence-electron chi connectivity index (χ3n) is 4.19. The number of fused-ring (bicyclic) bond motifs is 3. The van der Waals surface area contributed by atoms with Gasteiger partial charge in [0.15, 0.2) is 5.78 Å². The van der Waals surface area contributed by atoms with E-state index in [4.69, 9.17) is 0 Å². The SMILES string of the molecule is C=C[C@@]1(C#N)CCc2c(c3ccccc3n2S(C)(=O)=O)C1=O. The number of rotatable bonds is 2. The van der Waals surface area contributed by atoms with Gasteiger partial charge in [-0.2, -0.15) is 5.26 Å². The highest BCUT2D eigenvalue weighted by Gasteiger charge is 2.44. The number of allylic oxidation sites excluding steroid dienone is 1. The van der Waals surface area contributed by atoms with Gasteiger partial charge in [0, 0.05) is 16.6 Å². The average molecular weight is 314 g/mol. The molecule has 1 atom stereocenters. The molecular weight excluding hydrogens is 300 g/mol. The molecule has 0 N–H and O–H groups in total. The number of hydrogen-bond acceptors (Lipinski definition) is 4. The Morgan fingerprint density at radius 1 is 1.41 bits per heavy atom. The van der Waals surface area contributed by atoms with E-state index in [1.807, 2.05) is 6.07 Å². The van der Waals surface area contributed by atoms with Crippen molar-refractivity contribution < 1.29 is 13.2 Å². The first-order chi connectivity index (χ1) is 10.4. The van der Waals surface area contributed by atoms with Crippen LogP contribution in [0.25, 0.3) is 10.9 Å². The Bertz CT molecular complexity index is 963. The van der Waals surface area contributed by atoms with Gasteiger partial charge in [-0.05, 0) is 18.9 Å². The molecule has 0 amide bonds. The van der Waals surface area contributed by atoms with Crippen LogP contribution in [0.5, 0.6) is 0 Å². The van der Waals surface area contributed by atoms with Crippen LogP contribution in [0.2, 0.25) is 0 Å². The van der Waals surface area contributed by atoms with Crippen molar-refractivity contribution in [3.05, 3.63) is 48.2 Å². The maximum absolute atomic E-state index is 12.9. The second-order valence-corrected chi connectivity index (χ2v) is 7.31. The number of hydrogen-bond donors (Lipinski definition) is 0. The van der Waals surface area contributed by atoms with Crippen molar-refractivity contribution in [2.75, 3.05) is 6.26 Å². The predicted molar refractivity (Wildman–Crippen MR) is 83.1 cm³/mol. The van der Waals surface area contributed by atoms with Gasteiger partial charge in [0.25, 0.3) is 0 Å². The fraction of sp³-hybridized carbons (Fsp3) is 0.250. The maximum Gasteiger partial charge on any atom is 0.236 e. The normalized spacial score (nSPS) is 21.4. The third-order valence-corrected chi connectivity index (χ3v) is 5.27. The fourth-order valence-electron chi connectivity index (χ4n) is 3.12. The first-order valence-electron chi connectivity index (χ1n) is 6.78. The molecule has 6 heteroatoms. The average Bonchev–Trinajstić information content (AvgIpc) is 2.83. The highest BCUT2D eigenvalue weighted by molar-refractivity contribution is 7.89. The zero-order valence-corrected chi connectivity index (χ0v) is 12.9. The molecule has 0 bridgehead atoms. The minimum absolute atomic E-state index is 0.241. The van der Waals surface area contributed by atoms with Crippen LogP contribution in [-0.4, -0.2) is 24.4 Å². The second kappa shape index (κ2) is 4.55. The molecule has 1 heterocycles. The van der Waals surface area contributed by atoms with Crippen molar-refractivity contribution in [1.82, 2.24) is 3.97 Å². The second-order valence-electron chi connectivity index (χ2n) is 5.48. The smallest absolute Gasteiger partial charge is 0.236 e. The molecule has 0 saturated heterocycles. The highest BCUT2D eigenvalue weighted by Crippen LogP contribution is 2.41. The Hall–Kier alpha value is -2.39. The number of para-hydroxylation sites is 1. The van der Waals surface area contributed by atoms with Crippen molar-refractivity contribution >= 4 is 26.7 Å². The van der Waals surface area contributed by atoms with Gasteiger partial charge < -0.3 is 0 Å². The molecule has 2 aromatic rings. The van der Waals surface area contributed by atoms with Crippen LogP contribution < -0.4 is 0 Å². The molecule has 0 fully saturated rings. The Morgan fingerprint density at radius 3 is 2.68 bits per heavy atom. The van der Waals surface area contributed by atoms with Crippen molar-refractivity contribution in [3.63, 3.8) is 0 Å². The van der Waals surface area contributed by atoms with E-state index in [2.05, 4.69) is 6.58 Å². The number of Topliss-reactive ketones (excluding diaryl/α,β-unsaturated/α-hetero) is 1. The number of nitrogens with zero attached hydrogens (tertiary/aromatic N) is 2. The van der Waals surface area contributed by atoms with Gasteiger partial charge >= 0.3 is 0 Å². The van der Waals surface area contributed by atoms with Crippen molar-refractivity contribution in [1.29, 1.82) is 5.26 Å². The van der Waals surface area contributed by atoms with Crippen molar-refractivity contribution in [3.8, 4) is 6.07 Å². The van der Waals surface area contributed by atoms with E-state index in [1.165, 1.54) is 10.0 Å². The van der Waals surface area contributed by atoms with Crippen LogP contribution in [0.15, 0.2) is 36.9 Å². The molecule has 0 unspecified atom stereocenters. The maximum atomic E-state index is 12.9. The molecule has 112 valence electrons. The zero-order chi connectivity index (χ0) is 16.1. The summed E-state index contributed by atoms with van der Waals surface area (Å²) >= 11 is 0. The summed E-state index contributed by atoms with van der Waals surface area (Å²) in [4.78, 5) is 12.9. The predicted octanol–water partition coefficient (Wildman–Crippen LogP) is 2.27. The summed E-state index contributed by atoms with van der Waals surface area (Å²) in [6.45, 7) is 3.62. The Kier molecular flexibility index (Phi) is 3.01. The number of benzene rings is 1. The van der Waals surface area contributed by atoms with Crippen LogP contribution in [-0.2, 0) is 16.4 Å². The summed E-state index contributed by atoms with van der Waals surface area (Å²) in [5.41, 5.74) is -0.0179. The van der Waals surface area contributed by atoms with Crippen LogP contribution >= 0.6 is 0 Å². The number of carbonyl (C=O) groups excluding carboxylic acids is 1. The molecule has 1 aliphatic carbocycles. The summed E-state index contributed by atoms with van der Waals surface area (Å²) in [5, 5.41) is 9.97. The summed E-state index contributed by atoms with van der Waals surface area (Å²) in [6.07, 6.45) is 3.06. The first kappa shape index (κ1) is 14.5. The Labute approximate surface area is 128 Å². The monoisotopic (exact) mass is 314 g/mol. The van der Waals surface area contributed by atoms with Crippen LogP contribution in [0.1, 0.15) is 22.5 Å². The number of ketones is 1. The van der Waals surface area contributed by atoms with Crippen molar-refractivity contribution in [2.24, 2.45) is 5.41 Å². The lowest BCUT2D eigenvalue weighted by Crippen LogP contribution is -2.33. The quantitative estimate of drug-likeness (QED) is 0.796. The minimum Gasteiger partial charge on any atom is -0.292 e. The van der Waals surface area contributed by atoms with Gasteiger partial charge in [-0.15, -0.1) is 6.58 Å². The topological polar surface area (TPSA) is 79.9 Å². The van der Waals surface area contributed by atoms with Gasteiger partial charge in [-0.25, -0.2) is 12.4 Å². The molecule has 0 spiro atoms. The van der Waals surface area contributed by atoms with Crippen molar-refractivity contribution in [2.45, 2.75) is 12.8 Å². The minimum atomic E-state index is -3.55.